The summed E-state index contributed by atoms with van der Waals surface area (Å²) >= 11 is 1.53. The van der Waals surface area contributed by atoms with E-state index < -0.39 is 5.97 Å². The normalized spacial score (nSPS) is 12.6. The first-order chi connectivity index (χ1) is 14.1. The maximum absolute atomic E-state index is 13.5. The molecular weight excluding hydrogens is 382 g/mol. The van der Waals surface area contributed by atoms with E-state index in [1.54, 1.807) is 23.1 Å². The summed E-state index contributed by atoms with van der Waals surface area (Å²) in [6.45, 7) is 4.17. The van der Waals surface area contributed by atoms with Gasteiger partial charge in [-0.1, -0.05) is 60.8 Å². The Morgan fingerprint density at radius 1 is 1.07 bits per heavy atom. The molecule has 0 saturated heterocycles. The van der Waals surface area contributed by atoms with Crippen LogP contribution in [0.5, 0.6) is 0 Å². The van der Waals surface area contributed by atoms with Gasteiger partial charge in [-0.3, -0.25) is 4.79 Å². The van der Waals surface area contributed by atoms with Crippen molar-refractivity contribution < 1.29 is 14.3 Å². The van der Waals surface area contributed by atoms with E-state index in [9.17, 15) is 9.59 Å². The molecule has 29 heavy (non-hydrogen) atoms. The summed E-state index contributed by atoms with van der Waals surface area (Å²) in [5.41, 5.74) is 3.77. The minimum absolute atomic E-state index is 0.0957. The lowest BCUT2D eigenvalue weighted by Gasteiger charge is -2.23. The van der Waals surface area contributed by atoms with E-state index in [1.807, 2.05) is 54.6 Å². The van der Waals surface area contributed by atoms with E-state index in [0.717, 1.165) is 20.9 Å². The smallest absolute Gasteiger partial charge is 0.337 e. The Morgan fingerprint density at radius 3 is 2.55 bits per heavy atom. The largest absolute Gasteiger partial charge is 0.465 e. The lowest BCUT2D eigenvalue weighted by atomic mass is 10.1. The molecule has 1 aliphatic heterocycles. The van der Waals surface area contributed by atoms with Crippen LogP contribution in [0.3, 0.4) is 0 Å². The topological polar surface area (TPSA) is 46.6 Å². The summed E-state index contributed by atoms with van der Waals surface area (Å²) in [5.74, 6) is -0.524. The van der Waals surface area contributed by atoms with Gasteiger partial charge in [0.05, 0.1) is 30.5 Å². The fourth-order valence-corrected chi connectivity index (χ4v) is 4.32. The molecule has 5 heteroatoms. The van der Waals surface area contributed by atoms with Crippen molar-refractivity contribution in [2.75, 3.05) is 12.0 Å². The molecule has 1 amide bonds. The number of rotatable bonds is 4. The molecule has 0 saturated carbocycles. The highest BCUT2D eigenvalue weighted by atomic mass is 32.2. The second-order valence-electron chi connectivity index (χ2n) is 6.61. The molecule has 4 nitrogen and oxygen atoms in total. The Balaban J connectivity index is 1.83. The number of carbonyl (C=O) groups excluding carboxylic acids is 2. The van der Waals surface area contributed by atoms with Gasteiger partial charge in [0.15, 0.2) is 0 Å². The fraction of sp³-hybridized carbons (Fsp3) is 0.0833. The lowest BCUT2D eigenvalue weighted by Crippen LogP contribution is -2.30. The van der Waals surface area contributed by atoms with Crippen LogP contribution in [0.15, 0.2) is 83.1 Å². The molecule has 0 fully saturated rings. The predicted octanol–water partition coefficient (Wildman–Crippen LogP) is 5.43. The van der Waals surface area contributed by atoms with Gasteiger partial charge in [0, 0.05) is 9.79 Å². The van der Waals surface area contributed by atoms with Gasteiger partial charge in [-0.25, -0.2) is 4.79 Å². The molecule has 1 heterocycles. The molecule has 0 atom stereocenters. The zero-order chi connectivity index (χ0) is 20.4. The number of hydrogen-bond acceptors (Lipinski definition) is 4. The SMILES string of the molecule is C=Cc1ccc(CN2C(=O)c3ccccc3Sc3ccc(C(=O)OC)cc32)cc1. The van der Waals surface area contributed by atoms with Crippen molar-refractivity contribution >= 4 is 35.4 Å². The Hall–Kier alpha value is -3.31. The Bertz CT molecular complexity index is 1110. The van der Waals surface area contributed by atoms with Gasteiger partial charge in [0.25, 0.3) is 5.91 Å². The van der Waals surface area contributed by atoms with Crippen LogP contribution in [0.2, 0.25) is 0 Å². The number of anilines is 1. The summed E-state index contributed by atoms with van der Waals surface area (Å²) in [6.07, 6.45) is 1.78. The quantitative estimate of drug-likeness (QED) is 0.547. The van der Waals surface area contributed by atoms with Crippen LogP contribution in [-0.2, 0) is 11.3 Å². The van der Waals surface area contributed by atoms with Crippen LogP contribution >= 0.6 is 11.8 Å². The zero-order valence-corrected chi connectivity index (χ0v) is 16.7. The Morgan fingerprint density at radius 2 is 1.83 bits per heavy atom. The molecule has 0 spiro atoms. The number of fused-ring (bicyclic) bond motifs is 2. The maximum atomic E-state index is 13.5. The summed E-state index contributed by atoms with van der Waals surface area (Å²) in [4.78, 5) is 29.1. The predicted molar refractivity (Wildman–Crippen MR) is 115 cm³/mol. The second kappa shape index (κ2) is 7.97. The van der Waals surface area contributed by atoms with Crippen molar-refractivity contribution in [2.45, 2.75) is 16.3 Å². The summed E-state index contributed by atoms with van der Waals surface area (Å²) in [5, 5.41) is 0. The first-order valence-corrected chi connectivity index (χ1v) is 9.95. The highest BCUT2D eigenvalue weighted by Crippen LogP contribution is 2.42. The second-order valence-corrected chi connectivity index (χ2v) is 7.69. The van der Waals surface area contributed by atoms with Crippen LogP contribution in [0.1, 0.15) is 31.8 Å². The summed E-state index contributed by atoms with van der Waals surface area (Å²) in [7, 11) is 1.35. The molecule has 4 rings (SSSR count). The minimum Gasteiger partial charge on any atom is -0.465 e. The molecule has 3 aromatic rings. The molecule has 0 radical (unpaired) electrons. The van der Waals surface area contributed by atoms with Crippen LogP contribution in [0.25, 0.3) is 6.08 Å². The number of carbonyl (C=O) groups is 2. The highest BCUT2D eigenvalue weighted by Gasteiger charge is 2.28. The first-order valence-electron chi connectivity index (χ1n) is 9.13. The van der Waals surface area contributed by atoms with Crippen molar-refractivity contribution in [1.29, 1.82) is 0 Å². The van der Waals surface area contributed by atoms with Crippen molar-refractivity contribution in [3.8, 4) is 0 Å². The van der Waals surface area contributed by atoms with E-state index >= 15 is 0 Å². The van der Waals surface area contributed by atoms with Crippen molar-refractivity contribution in [2.24, 2.45) is 0 Å². The van der Waals surface area contributed by atoms with E-state index in [1.165, 1.54) is 18.9 Å². The number of nitrogens with zero attached hydrogens (tertiary/aromatic N) is 1. The first kappa shape index (κ1) is 19.0. The Kier molecular flexibility index (Phi) is 5.23. The average molecular weight is 401 g/mol. The molecule has 3 aromatic carbocycles. The number of benzene rings is 3. The van der Waals surface area contributed by atoms with Gasteiger partial charge in [0.1, 0.15) is 0 Å². The summed E-state index contributed by atoms with van der Waals surface area (Å²) in [6, 6.07) is 20.8. The number of hydrogen-bond donors (Lipinski definition) is 0. The standard InChI is InChI=1S/C24H19NO3S/c1-3-16-8-10-17(11-9-16)15-25-20-14-18(24(27)28-2)12-13-22(20)29-21-7-5-4-6-19(21)23(25)26/h3-14H,1,15H2,2H3. The van der Waals surface area contributed by atoms with Gasteiger partial charge in [0.2, 0.25) is 0 Å². The fourth-order valence-electron chi connectivity index (χ4n) is 3.26. The molecule has 0 aromatic heterocycles. The van der Waals surface area contributed by atoms with E-state index in [2.05, 4.69) is 6.58 Å². The van der Waals surface area contributed by atoms with Crippen LogP contribution in [0, 0.1) is 0 Å². The van der Waals surface area contributed by atoms with Gasteiger partial charge in [-0.2, -0.15) is 0 Å². The van der Waals surface area contributed by atoms with Gasteiger partial charge < -0.3 is 9.64 Å². The highest BCUT2D eigenvalue weighted by molar-refractivity contribution is 7.99. The molecule has 0 bridgehead atoms. The monoisotopic (exact) mass is 401 g/mol. The third-order valence-corrected chi connectivity index (χ3v) is 5.95. The van der Waals surface area contributed by atoms with E-state index in [-0.39, 0.29) is 5.91 Å². The number of methoxy groups -OCH3 is 1. The van der Waals surface area contributed by atoms with Crippen molar-refractivity contribution in [3.63, 3.8) is 0 Å². The Labute approximate surface area is 173 Å². The van der Waals surface area contributed by atoms with Gasteiger partial charge in [-0.15, -0.1) is 0 Å². The molecule has 0 N–H and O–H groups in total. The van der Waals surface area contributed by atoms with Crippen molar-refractivity contribution in [3.05, 3.63) is 95.6 Å². The van der Waals surface area contributed by atoms with Gasteiger partial charge in [-0.05, 0) is 41.5 Å². The van der Waals surface area contributed by atoms with E-state index in [4.69, 9.17) is 4.74 Å². The average Bonchev–Trinajstić information content (AvgIpc) is 2.88. The molecule has 0 aliphatic carbocycles. The molecule has 144 valence electrons. The van der Waals surface area contributed by atoms with Crippen molar-refractivity contribution in [1.82, 2.24) is 0 Å². The summed E-state index contributed by atoms with van der Waals surface area (Å²) < 4.78 is 4.87. The van der Waals surface area contributed by atoms with Crippen LogP contribution in [0.4, 0.5) is 5.69 Å². The van der Waals surface area contributed by atoms with Crippen LogP contribution < -0.4 is 4.90 Å². The zero-order valence-electron chi connectivity index (χ0n) is 15.9. The van der Waals surface area contributed by atoms with Crippen LogP contribution in [-0.4, -0.2) is 19.0 Å². The third-order valence-electron chi connectivity index (χ3n) is 4.81. The number of ether oxygens (including phenoxy) is 1. The molecular formula is C24H19NO3S. The van der Waals surface area contributed by atoms with E-state index in [0.29, 0.717) is 23.4 Å². The number of esters is 1. The third kappa shape index (κ3) is 3.69. The van der Waals surface area contributed by atoms with Gasteiger partial charge >= 0.3 is 5.97 Å². The lowest BCUT2D eigenvalue weighted by molar-refractivity contribution is 0.0600. The maximum Gasteiger partial charge on any atom is 0.337 e. The molecule has 1 aliphatic rings. The number of amides is 1. The minimum atomic E-state index is -0.428. The molecule has 0 unspecified atom stereocenters.